The molecule has 0 radical (unpaired) electrons. The number of rotatable bonds is 9. The van der Waals surface area contributed by atoms with E-state index in [-0.39, 0.29) is 23.0 Å². The first-order chi connectivity index (χ1) is 14.7. The molecule has 0 saturated carbocycles. The van der Waals surface area contributed by atoms with E-state index in [1.807, 2.05) is 31.1 Å². The Hall–Kier alpha value is -1.71. The minimum absolute atomic E-state index is 0.142. The molecule has 3 rings (SSSR count). The fourth-order valence-corrected chi connectivity index (χ4v) is 5.67. The zero-order chi connectivity index (χ0) is 22.6. The van der Waals surface area contributed by atoms with E-state index in [4.69, 9.17) is 23.2 Å². The molecule has 0 saturated heterocycles. The third kappa shape index (κ3) is 6.17. The van der Waals surface area contributed by atoms with Crippen molar-refractivity contribution in [3.8, 4) is 0 Å². The molecule has 1 amide bonds. The highest BCUT2D eigenvalue weighted by Gasteiger charge is 2.23. The van der Waals surface area contributed by atoms with Crippen molar-refractivity contribution in [2.24, 2.45) is 0 Å². The Morgan fingerprint density at radius 2 is 1.77 bits per heavy atom. The van der Waals surface area contributed by atoms with Crippen molar-refractivity contribution in [2.45, 2.75) is 17.7 Å². The van der Waals surface area contributed by atoms with Crippen LogP contribution in [0.5, 0.6) is 0 Å². The Labute approximate surface area is 196 Å². The standard InChI is InChI=1S/C21H23Cl2N3O3S2/c1-25(2)12-4-13-26(21-24-20-17(23)5-3-6-18(20)30-21)19(27)11-14-31(28,29)16-9-7-15(22)8-10-16/h3,5-10H,4,11-14H2,1-2H3. The van der Waals surface area contributed by atoms with E-state index in [1.165, 1.54) is 35.6 Å². The number of thiazole rings is 1. The summed E-state index contributed by atoms with van der Waals surface area (Å²) in [5, 5.41) is 1.50. The lowest BCUT2D eigenvalue weighted by Crippen LogP contribution is -2.34. The van der Waals surface area contributed by atoms with Crippen molar-refractivity contribution >= 4 is 65.6 Å². The lowest BCUT2D eigenvalue weighted by atomic mass is 10.3. The maximum atomic E-state index is 13.1. The molecule has 0 bridgehead atoms. The summed E-state index contributed by atoms with van der Waals surface area (Å²) < 4.78 is 26.2. The van der Waals surface area contributed by atoms with Crippen LogP contribution >= 0.6 is 34.5 Å². The summed E-state index contributed by atoms with van der Waals surface area (Å²) in [6.45, 7) is 1.23. The molecule has 3 aromatic rings. The smallest absolute Gasteiger partial charge is 0.229 e. The Morgan fingerprint density at radius 3 is 2.42 bits per heavy atom. The van der Waals surface area contributed by atoms with E-state index < -0.39 is 9.84 Å². The van der Waals surface area contributed by atoms with Crippen LogP contribution in [0.2, 0.25) is 10.0 Å². The van der Waals surface area contributed by atoms with E-state index in [2.05, 4.69) is 4.98 Å². The first kappa shape index (κ1) is 23.9. The summed E-state index contributed by atoms with van der Waals surface area (Å²) >= 11 is 13.5. The molecule has 0 aliphatic carbocycles. The Kier molecular flexibility index (Phi) is 7.93. The number of amides is 1. The van der Waals surface area contributed by atoms with Gasteiger partial charge in [-0.3, -0.25) is 9.69 Å². The van der Waals surface area contributed by atoms with Gasteiger partial charge in [-0.2, -0.15) is 0 Å². The number of carbonyl (C=O) groups excluding carboxylic acids is 1. The summed E-state index contributed by atoms with van der Waals surface area (Å²) in [7, 11) is 0.316. The number of fused-ring (bicyclic) bond motifs is 1. The molecule has 1 aromatic heterocycles. The molecular formula is C21H23Cl2N3O3S2. The minimum atomic E-state index is -3.61. The lowest BCUT2D eigenvalue weighted by molar-refractivity contribution is -0.118. The number of para-hydroxylation sites is 1. The van der Waals surface area contributed by atoms with Crippen LogP contribution in [0, 0.1) is 0 Å². The molecule has 6 nitrogen and oxygen atoms in total. The van der Waals surface area contributed by atoms with Gasteiger partial charge in [-0.15, -0.1) is 0 Å². The molecule has 1 heterocycles. The van der Waals surface area contributed by atoms with E-state index in [0.29, 0.717) is 27.2 Å². The van der Waals surface area contributed by atoms with E-state index in [0.717, 1.165) is 17.7 Å². The predicted molar refractivity (Wildman–Crippen MR) is 128 cm³/mol. The molecule has 10 heteroatoms. The maximum absolute atomic E-state index is 13.1. The second-order valence-corrected chi connectivity index (χ2v) is 11.3. The van der Waals surface area contributed by atoms with Crippen molar-refractivity contribution in [2.75, 3.05) is 37.8 Å². The average molecular weight is 500 g/mol. The van der Waals surface area contributed by atoms with Gasteiger partial charge in [0.05, 0.1) is 20.4 Å². The van der Waals surface area contributed by atoms with Crippen LogP contribution in [-0.2, 0) is 14.6 Å². The van der Waals surface area contributed by atoms with Crippen LogP contribution in [0.4, 0.5) is 5.13 Å². The van der Waals surface area contributed by atoms with Crippen molar-refractivity contribution < 1.29 is 13.2 Å². The lowest BCUT2D eigenvalue weighted by Gasteiger charge is -2.21. The first-order valence-electron chi connectivity index (χ1n) is 9.66. The van der Waals surface area contributed by atoms with E-state index in [1.54, 1.807) is 11.0 Å². The van der Waals surface area contributed by atoms with Crippen LogP contribution < -0.4 is 4.90 Å². The average Bonchev–Trinajstić information content (AvgIpc) is 3.15. The third-order valence-corrected chi connectivity index (χ3v) is 7.97. The first-order valence-corrected chi connectivity index (χ1v) is 12.9. The number of benzene rings is 2. The number of halogens is 2. The van der Waals surface area contributed by atoms with Gasteiger partial charge in [-0.05, 0) is 63.5 Å². The molecule has 0 spiro atoms. The van der Waals surface area contributed by atoms with Crippen molar-refractivity contribution in [1.29, 1.82) is 0 Å². The van der Waals surface area contributed by atoms with E-state index >= 15 is 0 Å². The monoisotopic (exact) mass is 499 g/mol. The number of sulfone groups is 1. The molecule has 0 aliphatic rings. The van der Waals surface area contributed by atoms with Crippen LogP contribution in [-0.4, -0.2) is 57.1 Å². The number of hydrogen-bond acceptors (Lipinski definition) is 6. The van der Waals surface area contributed by atoms with Crippen LogP contribution in [0.25, 0.3) is 10.2 Å². The topological polar surface area (TPSA) is 70.6 Å². The van der Waals surface area contributed by atoms with Gasteiger partial charge in [-0.1, -0.05) is 40.6 Å². The molecule has 0 aliphatic heterocycles. The Bertz CT molecular complexity index is 1160. The molecule has 0 N–H and O–H groups in total. The molecule has 0 unspecified atom stereocenters. The van der Waals surface area contributed by atoms with Crippen molar-refractivity contribution in [1.82, 2.24) is 9.88 Å². The summed E-state index contributed by atoms with van der Waals surface area (Å²) in [5.74, 6) is -0.574. The Morgan fingerprint density at radius 1 is 1.06 bits per heavy atom. The number of aromatic nitrogens is 1. The van der Waals surface area contributed by atoms with Crippen molar-refractivity contribution in [3.05, 3.63) is 52.5 Å². The number of hydrogen-bond donors (Lipinski definition) is 0. The second-order valence-electron chi connectivity index (χ2n) is 7.31. The van der Waals surface area contributed by atoms with Gasteiger partial charge >= 0.3 is 0 Å². The zero-order valence-electron chi connectivity index (χ0n) is 17.2. The molecule has 31 heavy (non-hydrogen) atoms. The molecule has 166 valence electrons. The highest BCUT2D eigenvalue weighted by molar-refractivity contribution is 7.91. The highest BCUT2D eigenvalue weighted by Crippen LogP contribution is 2.33. The highest BCUT2D eigenvalue weighted by atomic mass is 35.5. The fourth-order valence-electron chi connectivity index (χ4n) is 3.01. The minimum Gasteiger partial charge on any atom is -0.309 e. The number of anilines is 1. The van der Waals surface area contributed by atoms with Gasteiger partial charge in [-0.25, -0.2) is 13.4 Å². The summed E-state index contributed by atoms with van der Waals surface area (Å²) in [5.41, 5.74) is 0.642. The van der Waals surface area contributed by atoms with Crippen LogP contribution in [0.15, 0.2) is 47.4 Å². The van der Waals surface area contributed by atoms with Gasteiger partial charge in [0.25, 0.3) is 0 Å². The molecular weight excluding hydrogens is 477 g/mol. The van der Waals surface area contributed by atoms with Crippen LogP contribution in [0.3, 0.4) is 0 Å². The fraction of sp³-hybridized carbons (Fsp3) is 0.333. The number of nitrogens with zero attached hydrogens (tertiary/aromatic N) is 3. The molecule has 0 atom stereocenters. The normalized spacial score (nSPS) is 11.9. The summed E-state index contributed by atoms with van der Waals surface area (Å²) in [4.78, 5) is 21.4. The van der Waals surface area contributed by atoms with Gasteiger partial charge < -0.3 is 4.90 Å². The second kappa shape index (κ2) is 10.3. The maximum Gasteiger partial charge on any atom is 0.229 e. The predicted octanol–water partition coefficient (Wildman–Crippen LogP) is 4.75. The largest absolute Gasteiger partial charge is 0.309 e. The summed E-state index contributed by atoms with van der Waals surface area (Å²) in [6, 6.07) is 11.4. The molecule has 0 fully saturated rings. The van der Waals surface area contributed by atoms with E-state index in [9.17, 15) is 13.2 Å². The van der Waals surface area contributed by atoms with Gasteiger partial charge in [0.1, 0.15) is 5.52 Å². The SMILES string of the molecule is CN(C)CCCN(C(=O)CCS(=O)(=O)c1ccc(Cl)cc1)c1nc2c(Cl)cccc2s1. The quantitative estimate of drug-likeness (QED) is 0.424. The zero-order valence-corrected chi connectivity index (χ0v) is 20.4. The Balaban J connectivity index is 1.80. The third-order valence-electron chi connectivity index (χ3n) is 4.63. The molecule has 2 aromatic carbocycles. The summed E-state index contributed by atoms with van der Waals surface area (Å²) in [6.07, 6.45) is 0.586. The van der Waals surface area contributed by atoms with Crippen molar-refractivity contribution in [3.63, 3.8) is 0 Å². The van der Waals surface area contributed by atoms with Gasteiger partial charge in [0.15, 0.2) is 15.0 Å². The van der Waals surface area contributed by atoms with Crippen LogP contribution in [0.1, 0.15) is 12.8 Å². The van der Waals surface area contributed by atoms with Gasteiger partial charge in [0, 0.05) is 18.0 Å². The number of carbonyl (C=O) groups is 1. The van der Waals surface area contributed by atoms with Gasteiger partial charge in [0.2, 0.25) is 5.91 Å².